The Kier molecular flexibility index (Phi) is 7.38. The Morgan fingerprint density at radius 3 is 1.31 bits per heavy atom. The molecule has 1 aliphatic rings. The molecule has 0 amide bonds. The lowest BCUT2D eigenvalue weighted by Gasteiger charge is -2.22. The van der Waals surface area contributed by atoms with Gasteiger partial charge >= 0.3 is 0 Å². The third-order valence-corrected chi connectivity index (χ3v) is 13.2. The normalized spacial score (nSPS) is 13.1. The van der Waals surface area contributed by atoms with E-state index in [0.717, 1.165) is 0 Å². The molecule has 0 heteroatoms. The highest BCUT2D eigenvalue weighted by Crippen LogP contribution is 2.54. The highest BCUT2D eigenvalue weighted by Gasteiger charge is 2.37. The molecule has 0 saturated carbocycles. The zero-order valence-corrected chi connectivity index (χ0v) is 33.1. The lowest BCUT2D eigenvalue weighted by atomic mass is 9.81. The summed E-state index contributed by atoms with van der Waals surface area (Å²) < 4.78 is 0. The van der Waals surface area contributed by atoms with Gasteiger partial charge in [-0.2, -0.15) is 0 Å². The molecule has 276 valence electrons. The Balaban J connectivity index is 1.05. The van der Waals surface area contributed by atoms with E-state index >= 15 is 0 Å². The van der Waals surface area contributed by atoms with Crippen LogP contribution in [-0.4, -0.2) is 0 Å². The van der Waals surface area contributed by atoms with Gasteiger partial charge in [0.15, 0.2) is 0 Å². The van der Waals surface area contributed by atoms with Crippen molar-refractivity contribution >= 4 is 53.9 Å². The van der Waals surface area contributed by atoms with Crippen molar-refractivity contribution in [3.8, 4) is 55.6 Å². The molecular formula is C59H40. The van der Waals surface area contributed by atoms with Crippen molar-refractivity contribution in [2.24, 2.45) is 0 Å². The minimum absolute atomic E-state index is 0.0940. The van der Waals surface area contributed by atoms with Crippen molar-refractivity contribution < 1.29 is 0 Å². The van der Waals surface area contributed by atoms with Gasteiger partial charge in [-0.15, -0.1) is 0 Å². The Bertz CT molecular complexity index is 3470. The summed E-state index contributed by atoms with van der Waals surface area (Å²) in [6, 6.07) is 77.0. The van der Waals surface area contributed by atoms with Gasteiger partial charge in [-0.25, -0.2) is 0 Å². The molecule has 0 radical (unpaired) electrons. The van der Waals surface area contributed by atoms with Crippen LogP contribution in [0.2, 0.25) is 0 Å². The molecule has 0 aliphatic heterocycles. The van der Waals surface area contributed by atoms with Gasteiger partial charge in [-0.05, 0) is 151 Å². The van der Waals surface area contributed by atoms with E-state index < -0.39 is 0 Å². The smallest absolute Gasteiger partial charge is 0.0159 e. The first kappa shape index (κ1) is 33.8. The average molecular weight is 749 g/mol. The number of fused-ring (bicyclic) bond motifs is 9. The first-order chi connectivity index (χ1) is 29.0. The van der Waals surface area contributed by atoms with Crippen LogP contribution in [0.4, 0.5) is 0 Å². The largest absolute Gasteiger partial charge is 0.0616 e. The van der Waals surface area contributed by atoms with Crippen molar-refractivity contribution in [1.29, 1.82) is 0 Å². The van der Waals surface area contributed by atoms with Gasteiger partial charge < -0.3 is 0 Å². The quantitative estimate of drug-likeness (QED) is 0.124. The Morgan fingerprint density at radius 1 is 0.254 bits per heavy atom. The molecule has 0 spiro atoms. The first-order valence-corrected chi connectivity index (χ1v) is 20.8. The molecule has 0 N–H and O–H groups in total. The fraction of sp³-hybridized carbons (Fsp3) is 0.0508. The summed E-state index contributed by atoms with van der Waals surface area (Å²) in [6.07, 6.45) is 0. The van der Waals surface area contributed by atoms with E-state index in [0.29, 0.717) is 0 Å². The van der Waals surface area contributed by atoms with Crippen LogP contribution in [0.15, 0.2) is 206 Å². The predicted octanol–water partition coefficient (Wildman–Crippen LogP) is 16.4. The highest BCUT2D eigenvalue weighted by molar-refractivity contribution is 6.22. The van der Waals surface area contributed by atoms with Gasteiger partial charge in [0.2, 0.25) is 0 Å². The van der Waals surface area contributed by atoms with Crippen LogP contribution in [0.1, 0.15) is 25.0 Å². The summed E-state index contributed by atoms with van der Waals surface area (Å²) >= 11 is 0. The zero-order valence-electron chi connectivity index (χ0n) is 33.1. The van der Waals surface area contributed by atoms with Crippen LogP contribution in [0.25, 0.3) is 109 Å². The number of benzene rings is 11. The SMILES string of the molecule is CC1(C)c2cc3ccccc3cc2-c2c(-c3cccc(-c4c5ccccc5c(-c5cccc(-c6cc7ccccc7c7ccccc67)c5)c5ccccc45)c3)cccc21. The molecule has 0 unspecified atom stereocenters. The predicted molar refractivity (Wildman–Crippen MR) is 253 cm³/mol. The van der Waals surface area contributed by atoms with Gasteiger partial charge in [0.1, 0.15) is 0 Å². The summed E-state index contributed by atoms with van der Waals surface area (Å²) in [7, 11) is 0. The summed E-state index contributed by atoms with van der Waals surface area (Å²) in [6.45, 7) is 4.76. The lowest BCUT2D eigenvalue weighted by Crippen LogP contribution is -2.14. The van der Waals surface area contributed by atoms with Crippen LogP contribution in [0.5, 0.6) is 0 Å². The number of hydrogen-bond acceptors (Lipinski definition) is 0. The topological polar surface area (TPSA) is 0 Å². The maximum Gasteiger partial charge on any atom is 0.0159 e. The van der Waals surface area contributed by atoms with E-state index in [1.165, 1.54) is 121 Å². The van der Waals surface area contributed by atoms with Crippen molar-refractivity contribution in [2.45, 2.75) is 19.3 Å². The van der Waals surface area contributed by atoms with Gasteiger partial charge in [-0.3, -0.25) is 0 Å². The third-order valence-electron chi connectivity index (χ3n) is 13.2. The molecule has 0 saturated heterocycles. The lowest BCUT2D eigenvalue weighted by molar-refractivity contribution is 0.661. The summed E-state index contributed by atoms with van der Waals surface area (Å²) in [5.74, 6) is 0. The second-order valence-electron chi connectivity index (χ2n) is 16.8. The molecule has 0 bridgehead atoms. The van der Waals surface area contributed by atoms with Gasteiger partial charge in [-0.1, -0.05) is 190 Å². The Labute approximate surface area is 344 Å². The van der Waals surface area contributed by atoms with E-state index in [1.54, 1.807) is 0 Å². The highest BCUT2D eigenvalue weighted by atomic mass is 14.4. The molecule has 0 atom stereocenters. The fourth-order valence-electron chi connectivity index (χ4n) is 10.4. The van der Waals surface area contributed by atoms with Crippen molar-refractivity contribution in [2.75, 3.05) is 0 Å². The number of hydrogen-bond donors (Lipinski definition) is 0. The van der Waals surface area contributed by atoms with Crippen molar-refractivity contribution in [1.82, 2.24) is 0 Å². The van der Waals surface area contributed by atoms with Gasteiger partial charge in [0, 0.05) is 5.41 Å². The molecule has 0 nitrogen and oxygen atoms in total. The van der Waals surface area contributed by atoms with Crippen LogP contribution >= 0.6 is 0 Å². The van der Waals surface area contributed by atoms with Crippen LogP contribution in [-0.2, 0) is 5.41 Å². The molecule has 0 heterocycles. The molecule has 59 heavy (non-hydrogen) atoms. The molecule has 1 aliphatic carbocycles. The number of rotatable bonds is 4. The van der Waals surface area contributed by atoms with Crippen molar-refractivity contribution in [3.05, 3.63) is 217 Å². The summed E-state index contributed by atoms with van der Waals surface area (Å²) in [5, 5.41) is 12.7. The first-order valence-electron chi connectivity index (χ1n) is 20.8. The molecule has 11 aromatic carbocycles. The maximum atomic E-state index is 2.43. The van der Waals surface area contributed by atoms with Gasteiger partial charge in [0.25, 0.3) is 0 Å². The van der Waals surface area contributed by atoms with E-state index in [2.05, 4.69) is 220 Å². The van der Waals surface area contributed by atoms with Crippen LogP contribution < -0.4 is 0 Å². The molecule has 0 fully saturated rings. The minimum atomic E-state index is -0.0940. The van der Waals surface area contributed by atoms with Crippen LogP contribution in [0, 0.1) is 0 Å². The fourth-order valence-corrected chi connectivity index (χ4v) is 10.4. The molecule has 0 aromatic heterocycles. The van der Waals surface area contributed by atoms with Crippen LogP contribution in [0.3, 0.4) is 0 Å². The second-order valence-corrected chi connectivity index (χ2v) is 16.8. The zero-order chi connectivity index (χ0) is 39.2. The summed E-state index contributed by atoms with van der Waals surface area (Å²) in [4.78, 5) is 0. The second kappa shape index (κ2) is 12.9. The average Bonchev–Trinajstić information content (AvgIpc) is 3.52. The van der Waals surface area contributed by atoms with Gasteiger partial charge in [0.05, 0.1) is 0 Å². The third kappa shape index (κ3) is 5.09. The Morgan fingerprint density at radius 2 is 0.695 bits per heavy atom. The monoisotopic (exact) mass is 748 g/mol. The van der Waals surface area contributed by atoms with E-state index in [4.69, 9.17) is 0 Å². The minimum Gasteiger partial charge on any atom is -0.0616 e. The summed E-state index contributed by atoms with van der Waals surface area (Å²) in [5.41, 5.74) is 15.4. The maximum absolute atomic E-state index is 2.43. The standard InChI is InChI=1S/C59H40/c1-59(2)54-31-15-30-45(58(54)53-34-37-16-3-4-17-38(37)36-55(53)59)39-19-13-21-42(32-39)56-48-26-9-11-28-50(48)57(51-29-12-10-27-49(51)56)43-22-14-20-40(33-43)52-35-41-18-5-6-23-44(41)46-24-7-8-25-47(46)52/h3-36H,1-2H3. The molecular weight excluding hydrogens is 709 g/mol. The molecule has 12 rings (SSSR count). The Hall–Kier alpha value is -7.28. The van der Waals surface area contributed by atoms with E-state index in [9.17, 15) is 0 Å². The van der Waals surface area contributed by atoms with Crippen molar-refractivity contribution in [3.63, 3.8) is 0 Å². The molecule has 11 aromatic rings. The van der Waals surface area contributed by atoms with E-state index in [-0.39, 0.29) is 5.41 Å². The van der Waals surface area contributed by atoms with E-state index in [1.807, 2.05) is 0 Å².